The van der Waals surface area contributed by atoms with Crippen molar-refractivity contribution in [1.29, 1.82) is 0 Å². The van der Waals surface area contributed by atoms with Crippen molar-refractivity contribution in [2.45, 2.75) is 32.7 Å². The van der Waals surface area contributed by atoms with Crippen molar-refractivity contribution in [3.8, 4) is 0 Å². The SMILES string of the molecule is CCCNC1CCN(c2cc(C)cc(Br)c2)C1=O. The number of amides is 1. The number of anilines is 1. The highest BCUT2D eigenvalue weighted by atomic mass is 79.9. The second kappa shape index (κ2) is 5.85. The number of carbonyl (C=O) groups excluding carboxylic acids is 1. The molecular formula is C14H19BrN2O. The lowest BCUT2D eigenvalue weighted by atomic mass is 10.2. The van der Waals surface area contributed by atoms with Gasteiger partial charge in [0.25, 0.3) is 0 Å². The minimum atomic E-state index is -0.00997. The average Bonchev–Trinajstić information content (AvgIpc) is 2.67. The second-order valence-corrected chi connectivity index (χ2v) is 5.69. The number of benzene rings is 1. The van der Waals surface area contributed by atoms with Crippen molar-refractivity contribution in [2.24, 2.45) is 0 Å². The van der Waals surface area contributed by atoms with E-state index in [2.05, 4.69) is 40.3 Å². The molecule has 2 rings (SSSR count). The quantitative estimate of drug-likeness (QED) is 0.927. The monoisotopic (exact) mass is 310 g/mol. The Morgan fingerprint density at radius 3 is 2.89 bits per heavy atom. The number of halogens is 1. The average molecular weight is 311 g/mol. The molecule has 3 nitrogen and oxygen atoms in total. The van der Waals surface area contributed by atoms with Crippen LogP contribution < -0.4 is 10.2 Å². The maximum Gasteiger partial charge on any atom is 0.244 e. The molecule has 18 heavy (non-hydrogen) atoms. The molecule has 1 heterocycles. The van der Waals surface area contributed by atoms with Crippen molar-refractivity contribution >= 4 is 27.5 Å². The maximum atomic E-state index is 12.3. The third-order valence-corrected chi connectivity index (χ3v) is 3.64. The Morgan fingerprint density at radius 1 is 1.44 bits per heavy atom. The van der Waals surface area contributed by atoms with E-state index in [1.807, 2.05) is 17.9 Å². The lowest BCUT2D eigenvalue weighted by Crippen LogP contribution is -2.38. The Balaban J connectivity index is 2.13. The number of aryl methyl sites for hydroxylation is 1. The van der Waals surface area contributed by atoms with Crippen LogP contribution in [0.3, 0.4) is 0 Å². The Kier molecular flexibility index (Phi) is 4.40. The number of hydrogen-bond donors (Lipinski definition) is 1. The Morgan fingerprint density at radius 2 is 2.22 bits per heavy atom. The molecule has 1 atom stereocenters. The normalized spacial score (nSPS) is 19.6. The predicted molar refractivity (Wildman–Crippen MR) is 77.9 cm³/mol. The summed E-state index contributed by atoms with van der Waals surface area (Å²) in [5.74, 6) is 0.195. The smallest absolute Gasteiger partial charge is 0.244 e. The molecule has 98 valence electrons. The van der Waals surface area contributed by atoms with Crippen LogP contribution in [0.5, 0.6) is 0 Å². The van der Waals surface area contributed by atoms with Gasteiger partial charge in [0.05, 0.1) is 6.04 Å². The van der Waals surface area contributed by atoms with Gasteiger partial charge in [0.15, 0.2) is 0 Å². The zero-order valence-electron chi connectivity index (χ0n) is 10.9. The summed E-state index contributed by atoms with van der Waals surface area (Å²) < 4.78 is 1.02. The Hall–Kier alpha value is -0.870. The zero-order valence-corrected chi connectivity index (χ0v) is 12.5. The van der Waals surface area contributed by atoms with Crippen LogP contribution in [0.15, 0.2) is 22.7 Å². The first-order valence-electron chi connectivity index (χ1n) is 6.43. The van der Waals surface area contributed by atoms with Gasteiger partial charge in [-0.25, -0.2) is 0 Å². The third-order valence-electron chi connectivity index (χ3n) is 3.18. The van der Waals surface area contributed by atoms with Crippen LogP contribution in [0, 0.1) is 6.92 Å². The molecule has 0 spiro atoms. The molecule has 1 N–H and O–H groups in total. The first-order chi connectivity index (χ1) is 8.61. The number of rotatable bonds is 4. The molecule has 4 heteroatoms. The number of hydrogen-bond acceptors (Lipinski definition) is 2. The molecular weight excluding hydrogens is 292 g/mol. The summed E-state index contributed by atoms with van der Waals surface area (Å²) in [6.07, 6.45) is 1.95. The van der Waals surface area contributed by atoms with Crippen LogP contribution in [0.4, 0.5) is 5.69 Å². The summed E-state index contributed by atoms with van der Waals surface area (Å²) in [6, 6.07) is 6.11. The Bertz CT molecular complexity index is 427. The van der Waals surface area contributed by atoms with E-state index in [-0.39, 0.29) is 11.9 Å². The summed E-state index contributed by atoms with van der Waals surface area (Å²) in [5.41, 5.74) is 2.16. The molecule has 1 fully saturated rings. The van der Waals surface area contributed by atoms with Gasteiger partial charge in [-0.3, -0.25) is 4.79 Å². The summed E-state index contributed by atoms with van der Waals surface area (Å²) in [4.78, 5) is 14.2. The highest BCUT2D eigenvalue weighted by Gasteiger charge is 2.31. The fourth-order valence-electron chi connectivity index (χ4n) is 2.32. The van der Waals surface area contributed by atoms with E-state index in [9.17, 15) is 4.79 Å². The fourth-order valence-corrected chi connectivity index (χ4v) is 2.91. The van der Waals surface area contributed by atoms with Crippen LogP contribution in [0.1, 0.15) is 25.3 Å². The van der Waals surface area contributed by atoms with Gasteiger partial charge in [0, 0.05) is 16.7 Å². The van der Waals surface area contributed by atoms with E-state index in [0.29, 0.717) is 0 Å². The van der Waals surface area contributed by atoms with Gasteiger partial charge >= 0.3 is 0 Å². The van der Waals surface area contributed by atoms with Crippen molar-refractivity contribution in [2.75, 3.05) is 18.0 Å². The third kappa shape index (κ3) is 2.93. The number of nitrogens with zero attached hydrogens (tertiary/aromatic N) is 1. The van der Waals surface area contributed by atoms with Crippen LogP contribution in [-0.4, -0.2) is 25.0 Å². The van der Waals surface area contributed by atoms with Gasteiger partial charge in [0.1, 0.15) is 0 Å². The maximum absolute atomic E-state index is 12.3. The van der Waals surface area contributed by atoms with Gasteiger partial charge < -0.3 is 10.2 Å². The lowest BCUT2D eigenvalue weighted by Gasteiger charge is -2.18. The van der Waals surface area contributed by atoms with E-state index in [0.717, 1.165) is 41.7 Å². The molecule has 1 aliphatic rings. The van der Waals surface area contributed by atoms with Gasteiger partial charge in [0.2, 0.25) is 5.91 Å². The molecule has 1 unspecified atom stereocenters. The van der Waals surface area contributed by atoms with Crippen molar-refractivity contribution in [3.05, 3.63) is 28.2 Å². The van der Waals surface area contributed by atoms with Crippen molar-refractivity contribution in [3.63, 3.8) is 0 Å². The highest BCUT2D eigenvalue weighted by molar-refractivity contribution is 9.10. The van der Waals surface area contributed by atoms with E-state index in [4.69, 9.17) is 0 Å². The largest absolute Gasteiger partial charge is 0.311 e. The fraction of sp³-hybridized carbons (Fsp3) is 0.500. The van der Waals surface area contributed by atoms with Gasteiger partial charge in [-0.1, -0.05) is 22.9 Å². The van der Waals surface area contributed by atoms with Crippen molar-refractivity contribution < 1.29 is 4.79 Å². The van der Waals surface area contributed by atoms with Gasteiger partial charge in [-0.15, -0.1) is 0 Å². The standard InChI is InChI=1S/C14H19BrN2O/c1-3-5-16-13-4-6-17(14(13)18)12-8-10(2)7-11(15)9-12/h7-9,13,16H,3-6H2,1-2H3. The van der Waals surface area contributed by atoms with E-state index in [1.54, 1.807) is 0 Å². The molecule has 0 radical (unpaired) electrons. The number of carbonyl (C=O) groups is 1. The van der Waals surface area contributed by atoms with E-state index in [1.165, 1.54) is 0 Å². The first kappa shape index (κ1) is 13.6. The molecule has 0 saturated carbocycles. The highest BCUT2D eigenvalue weighted by Crippen LogP contribution is 2.26. The zero-order chi connectivity index (χ0) is 13.1. The van der Waals surface area contributed by atoms with Crippen LogP contribution in [-0.2, 0) is 4.79 Å². The predicted octanol–water partition coefficient (Wildman–Crippen LogP) is 2.86. The molecule has 1 aromatic carbocycles. The van der Waals surface area contributed by atoms with E-state index >= 15 is 0 Å². The molecule has 1 amide bonds. The van der Waals surface area contributed by atoms with E-state index < -0.39 is 0 Å². The first-order valence-corrected chi connectivity index (χ1v) is 7.23. The molecule has 1 aliphatic heterocycles. The minimum Gasteiger partial charge on any atom is -0.311 e. The molecule has 1 aromatic rings. The Labute approximate surface area is 117 Å². The van der Waals surface area contributed by atoms with Gasteiger partial charge in [-0.05, 0) is 50.1 Å². The lowest BCUT2D eigenvalue weighted by molar-refractivity contribution is -0.118. The summed E-state index contributed by atoms with van der Waals surface area (Å²) in [5, 5.41) is 3.31. The number of nitrogens with one attached hydrogen (secondary N) is 1. The molecule has 1 saturated heterocycles. The summed E-state index contributed by atoms with van der Waals surface area (Å²) >= 11 is 3.48. The topological polar surface area (TPSA) is 32.3 Å². The summed E-state index contributed by atoms with van der Waals surface area (Å²) in [7, 11) is 0. The van der Waals surface area contributed by atoms with Gasteiger partial charge in [-0.2, -0.15) is 0 Å². The van der Waals surface area contributed by atoms with Crippen LogP contribution >= 0.6 is 15.9 Å². The minimum absolute atomic E-state index is 0.00997. The molecule has 0 bridgehead atoms. The van der Waals surface area contributed by atoms with Crippen molar-refractivity contribution in [1.82, 2.24) is 5.32 Å². The summed E-state index contributed by atoms with van der Waals surface area (Å²) in [6.45, 7) is 5.86. The van der Waals surface area contributed by atoms with Crippen LogP contribution in [0.2, 0.25) is 0 Å². The molecule has 0 aliphatic carbocycles. The van der Waals surface area contributed by atoms with Crippen LogP contribution in [0.25, 0.3) is 0 Å². The molecule has 0 aromatic heterocycles. The second-order valence-electron chi connectivity index (χ2n) is 4.77.